The number of nitrogens with zero attached hydrogens (tertiary/aromatic N) is 3. The first-order valence-corrected chi connectivity index (χ1v) is 12.1. The second-order valence-electron chi connectivity index (χ2n) is 10.2. The molecular formula is C27H36N4O3. The minimum absolute atomic E-state index is 0.0500. The van der Waals surface area contributed by atoms with Crippen molar-refractivity contribution in [1.82, 2.24) is 20.0 Å². The van der Waals surface area contributed by atoms with Gasteiger partial charge in [0.1, 0.15) is 11.3 Å². The lowest BCUT2D eigenvalue weighted by atomic mass is 9.88. The molecule has 2 aliphatic heterocycles. The monoisotopic (exact) mass is 464 g/mol. The van der Waals surface area contributed by atoms with Crippen LogP contribution in [-0.2, 0) is 18.3 Å². The highest BCUT2D eigenvalue weighted by atomic mass is 16.5. The zero-order valence-electron chi connectivity index (χ0n) is 20.7. The number of rotatable bonds is 5. The molecule has 1 aromatic carbocycles. The van der Waals surface area contributed by atoms with Crippen LogP contribution in [0.5, 0.6) is 0 Å². The Morgan fingerprint density at radius 1 is 1.26 bits per heavy atom. The van der Waals surface area contributed by atoms with E-state index in [2.05, 4.69) is 39.3 Å². The van der Waals surface area contributed by atoms with E-state index in [0.717, 1.165) is 56.6 Å². The Morgan fingerprint density at radius 2 is 1.97 bits per heavy atom. The SMILES string of the molecule is Cc1cc(C(=O)NC[C@@H]2CCC3(CCN(Cc4ccc(C#CC(C)(C)O)cc4)CC3)O2)n(C)n1. The van der Waals surface area contributed by atoms with Crippen LogP contribution in [0.2, 0.25) is 0 Å². The summed E-state index contributed by atoms with van der Waals surface area (Å²) in [6, 6.07) is 10.1. The number of aromatic nitrogens is 2. The summed E-state index contributed by atoms with van der Waals surface area (Å²) in [6.07, 6.45) is 4.15. The van der Waals surface area contributed by atoms with Gasteiger partial charge in [0.05, 0.1) is 17.4 Å². The molecule has 0 aliphatic carbocycles. The van der Waals surface area contributed by atoms with Crippen molar-refractivity contribution in [2.24, 2.45) is 7.05 Å². The number of aryl methyl sites for hydroxylation is 2. The minimum atomic E-state index is -0.979. The van der Waals surface area contributed by atoms with Crippen LogP contribution in [0, 0.1) is 18.8 Å². The number of carbonyl (C=O) groups is 1. The highest BCUT2D eigenvalue weighted by molar-refractivity contribution is 5.92. The molecule has 7 nitrogen and oxygen atoms in total. The molecule has 1 aromatic heterocycles. The Hall–Kier alpha value is -2.66. The summed E-state index contributed by atoms with van der Waals surface area (Å²) in [5, 5.41) is 17.0. The number of nitrogens with one attached hydrogen (secondary N) is 1. The number of amides is 1. The van der Waals surface area contributed by atoms with Gasteiger partial charge in [-0.15, -0.1) is 0 Å². The third-order valence-corrected chi connectivity index (χ3v) is 6.70. The Kier molecular flexibility index (Phi) is 7.13. The van der Waals surface area contributed by atoms with Crippen LogP contribution in [0.3, 0.4) is 0 Å². The maximum absolute atomic E-state index is 12.5. The summed E-state index contributed by atoms with van der Waals surface area (Å²) >= 11 is 0. The third kappa shape index (κ3) is 6.26. The van der Waals surface area contributed by atoms with Crippen molar-refractivity contribution in [3.05, 3.63) is 52.8 Å². The Balaban J connectivity index is 1.22. The van der Waals surface area contributed by atoms with E-state index in [4.69, 9.17) is 4.74 Å². The highest BCUT2D eigenvalue weighted by Gasteiger charge is 2.42. The lowest BCUT2D eigenvalue weighted by Crippen LogP contribution is -2.44. The van der Waals surface area contributed by atoms with E-state index < -0.39 is 5.60 Å². The molecule has 3 heterocycles. The van der Waals surface area contributed by atoms with Crippen molar-refractivity contribution in [3.63, 3.8) is 0 Å². The van der Waals surface area contributed by atoms with Gasteiger partial charge in [-0.25, -0.2) is 0 Å². The molecule has 34 heavy (non-hydrogen) atoms. The number of ether oxygens (including phenoxy) is 1. The number of hydrogen-bond acceptors (Lipinski definition) is 5. The van der Waals surface area contributed by atoms with Gasteiger partial charge in [0.25, 0.3) is 5.91 Å². The molecule has 1 spiro atoms. The fourth-order valence-electron chi connectivity index (χ4n) is 4.82. The predicted octanol–water partition coefficient (Wildman–Crippen LogP) is 2.79. The predicted molar refractivity (Wildman–Crippen MR) is 131 cm³/mol. The summed E-state index contributed by atoms with van der Waals surface area (Å²) in [5.74, 6) is 5.78. The van der Waals surface area contributed by atoms with E-state index in [9.17, 15) is 9.90 Å². The fraction of sp³-hybridized carbons (Fsp3) is 0.556. The van der Waals surface area contributed by atoms with Crippen LogP contribution < -0.4 is 5.32 Å². The van der Waals surface area contributed by atoms with E-state index >= 15 is 0 Å². The summed E-state index contributed by atoms with van der Waals surface area (Å²) in [4.78, 5) is 14.9. The maximum Gasteiger partial charge on any atom is 0.269 e. The smallest absolute Gasteiger partial charge is 0.269 e. The molecule has 0 unspecified atom stereocenters. The zero-order valence-corrected chi connectivity index (χ0v) is 20.7. The zero-order chi connectivity index (χ0) is 24.3. The van der Waals surface area contributed by atoms with E-state index in [0.29, 0.717) is 12.2 Å². The number of likely N-dealkylation sites (tertiary alicyclic amines) is 1. The van der Waals surface area contributed by atoms with Crippen LogP contribution in [0.4, 0.5) is 0 Å². The van der Waals surface area contributed by atoms with Crippen molar-refractivity contribution in [2.45, 2.75) is 70.3 Å². The van der Waals surface area contributed by atoms with E-state index in [1.807, 2.05) is 19.1 Å². The minimum Gasteiger partial charge on any atom is -0.378 e. The topological polar surface area (TPSA) is 79.6 Å². The molecule has 4 rings (SSSR count). The first-order chi connectivity index (χ1) is 16.1. The van der Waals surface area contributed by atoms with Gasteiger partial charge in [0, 0.05) is 38.8 Å². The Labute approximate surface area is 202 Å². The number of benzene rings is 1. The van der Waals surface area contributed by atoms with Crippen molar-refractivity contribution in [2.75, 3.05) is 19.6 Å². The van der Waals surface area contributed by atoms with Crippen molar-refractivity contribution in [3.8, 4) is 11.8 Å². The first kappa shape index (κ1) is 24.5. The standard InChI is InChI=1S/C27H36N4O3/c1-20-17-24(30(4)29-20)25(32)28-18-23-10-12-27(34-23)13-15-31(16-14-27)19-22-7-5-21(6-8-22)9-11-26(2,3)33/h5-8,17,23,33H,10,12-16,18-19H2,1-4H3,(H,28,32)/t23-/m0/s1. The summed E-state index contributed by atoms with van der Waals surface area (Å²) in [7, 11) is 1.79. The van der Waals surface area contributed by atoms with Gasteiger partial charge in [0.2, 0.25) is 0 Å². The van der Waals surface area contributed by atoms with Crippen LogP contribution in [0.25, 0.3) is 0 Å². The van der Waals surface area contributed by atoms with E-state index in [1.54, 1.807) is 31.6 Å². The average molecular weight is 465 g/mol. The number of hydrogen-bond donors (Lipinski definition) is 2. The quantitative estimate of drug-likeness (QED) is 0.666. The molecule has 1 atom stereocenters. The molecule has 2 N–H and O–H groups in total. The van der Waals surface area contributed by atoms with Gasteiger partial charge in [-0.3, -0.25) is 14.4 Å². The van der Waals surface area contributed by atoms with Crippen LogP contribution in [0.15, 0.2) is 30.3 Å². The summed E-state index contributed by atoms with van der Waals surface area (Å²) < 4.78 is 8.10. The maximum atomic E-state index is 12.5. The van der Waals surface area contributed by atoms with Gasteiger partial charge in [-0.1, -0.05) is 24.0 Å². The largest absolute Gasteiger partial charge is 0.378 e. The molecule has 2 aromatic rings. The number of piperidine rings is 1. The van der Waals surface area contributed by atoms with Crippen LogP contribution in [0.1, 0.15) is 66.8 Å². The van der Waals surface area contributed by atoms with Crippen LogP contribution in [-0.4, -0.2) is 62.6 Å². The third-order valence-electron chi connectivity index (χ3n) is 6.70. The second kappa shape index (κ2) is 9.91. The Bertz CT molecular complexity index is 1060. The van der Waals surface area contributed by atoms with Gasteiger partial charge in [-0.05, 0) is 70.2 Å². The lowest BCUT2D eigenvalue weighted by Gasteiger charge is -2.39. The first-order valence-electron chi connectivity index (χ1n) is 12.1. The van der Waals surface area contributed by atoms with Gasteiger partial charge >= 0.3 is 0 Å². The van der Waals surface area contributed by atoms with Crippen molar-refractivity contribution >= 4 is 5.91 Å². The van der Waals surface area contributed by atoms with Gasteiger partial charge in [-0.2, -0.15) is 5.10 Å². The average Bonchev–Trinajstić information content (AvgIpc) is 3.35. The molecule has 0 saturated carbocycles. The van der Waals surface area contributed by atoms with E-state index in [-0.39, 0.29) is 17.6 Å². The molecule has 0 bridgehead atoms. The van der Waals surface area contributed by atoms with Crippen LogP contribution >= 0.6 is 0 Å². The highest BCUT2D eigenvalue weighted by Crippen LogP contribution is 2.39. The summed E-state index contributed by atoms with van der Waals surface area (Å²) in [6.45, 7) is 8.73. The van der Waals surface area contributed by atoms with E-state index in [1.165, 1.54) is 5.56 Å². The fourth-order valence-corrected chi connectivity index (χ4v) is 4.82. The number of aliphatic hydroxyl groups is 1. The van der Waals surface area contributed by atoms with Crippen molar-refractivity contribution < 1.29 is 14.6 Å². The van der Waals surface area contributed by atoms with Gasteiger partial charge < -0.3 is 15.2 Å². The summed E-state index contributed by atoms with van der Waals surface area (Å²) in [5.41, 5.74) is 2.57. The molecule has 7 heteroatoms. The molecule has 1 amide bonds. The lowest BCUT2D eigenvalue weighted by molar-refractivity contribution is -0.0764. The molecule has 182 valence electrons. The Morgan fingerprint density at radius 3 is 2.59 bits per heavy atom. The molecule has 0 radical (unpaired) electrons. The number of carbonyl (C=O) groups excluding carboxylic acids is 1. The molecule has 2 aliphatic rings. The molecule has 2 fully saturated rings. The molecular weight excluding hydrogens is 428 g/mol. The molecule has 2 saturated heterocycles. The normalized spacial score (nSPS) is 20.2. The van der Waals surface area contributed by atoms with Crippen molar-refractivity contribution in [1.29, 1.82) is 0 Å². The van der Waals surface area contributed by atoms with Gasteiger partial charge in [0.15, 0.2) is 0 Å². The second-order valence-corrected chi connectivity index (χ2v) is 10.2.